The van der Waals surface area contributed by atoms with Gasteiger partial charge in [0.05, 0.1) is 23.7 Å². The molecule has 1 amide bonds. The summed E-state index contributed by atoms with van der Waals surface area (Å²) in [4.78, 5) is 12.4. The van der Waals surface area contributed by atoms with E-state index in [1.165, 1.54) is 10.9 Å². The zero-order valence-corrected chi connectivity index (χ0v) is 23.8. The van der Waals surface area contributed by atoms with Gasteiger partial charge in [0.15, 0.2) is 11.5 Å². The van der Waals surface area contributed by atoms with Crippen molar-refractivity contribution in [3.05, 3.63) is 106 Å². The molecule has 4 rings (SSSR count). The Morgan fingerprint density at radius 1 is 0.974 bits per heavy atom. The van der Waals surface area contributed by atoms with Gasteiger partial charge in [-0.3, -0.25) is 4.79 Å². The minimum atomic E-state index is -0.177. The van der Waals surface area contributed by atoms with Crippen LogP contribution in [-0.2, 0) is 23.2 Å². The lowest BCUT2D eigenvalue weighted by atomic mass is 9.86. The van der Waals surface area contributed by atoms with Gasteiger partial charge in [0.25, 0.3) is 0 Å². The molecule has 4 aromatic carbocycles. The van der Waals surface area contributed by atoms with Crippen molar-refractivity contribution >= 4 is 38.8 Å². The van der Waals surface area contributed by atoms with Crippen molar-refractivity contribution < 1.29 is 14.3 Å². The van der Waals surface area contributed by atoms with Crippen LogP contribution in [0.15, 0.2) is 88.4 Å². The third-order valence-electron chi connectivity index (χ3n) is 6.17. The monoisotopic (exact) mass is 572 g/mol. The van der Waals surface area contributed by atoms with Gasteiger partial charge in [-0.25, -0.2) is 5.43 Å². The third kappa shape index (κ3) is 7.01. The van der Waals surface area contributed by atoms with Crippen LogP contribution in [-0.4, -0.2) is 18.7 Å². The maximum Gasteiger partial charge on any atom is 0.244 e. The van der Waals surface area contributed by atoms with Crippen molar-refractivity contribution in [1.29, 1.82) is 0 Å². The smallest absolute Gasteiger partial charge is 0.244 e. The molecule has 0 aliphatic carbocycles. The summed E-state index contributed by atoms with van der Waals surface area (Å²) in [5.41, 5.74) is 6.74. The van der Waals surface area contributed by atoms with Crippen molar-refractivity contribution in [2.24, 2.45) is 5.10 Å². The Bertz CT molecular complexity index is 1430. The number of nitrogens with one attached hydrogen (secondary N) is 1. The molecule has 0 aliphatic heterocycles. The van der Waals surface area contributed by atoms with E-state index in [4.69, 9.17) is 9.47 Å². The average Bonchev–Trinajstić information content (AvgIpc) is 2.88. The van der Waals surface area contributed by atoms with E-state index in [1.54, 1.807) is 6.21 Å². The Kier molecular flexibility index (Phi) is 8.85. The molecule has 0 heterocycles. The first kappa shape index (κ1) is 27.4. The van der Waals surface area contributed by atoms with Gasteiger partial charge in [0, 0.05) is 0 Å². The molecule has 0 saturated carbocycles. The lowest BCUT2D eigenvalue weighted by molar-refractivity contribution is -0.120. The van der Waals surface area contributed by atoms with Crippen LogP contribution in [0.1, 0.15) is 49.9 Å². The van der Waals surface area contributed by atoms with Crippen LogP contribution in [0.4, 0.5) is 0 Å². The van der Waals surface area contributed by atoms with Gasteiger partial charge in [-0.2, -0.15) is 5.10 Å². The summed E-state index contributed by atoms with van der Waals surface area (Å²) in [6.45, 7) is 9.33. The molecule has 0 unspecified atom stereocenters. The standard InChI is InChI=1S/C32H33BrN2O3/c1-5-37-29-18-23(20-34-35-30(36)19-22-13-15-26(16-14-22)32(2,3)4)17-28(33)31(29)38-21-25-11-8-10-24-9-6-7-12-27(24)25/h6-18,20H,5,19,21H2,1-4H3,(H,35,36)/b34-20-. The Balaban J connectivity index is 1.42. The zero-order chi connectivity index (χ0) is 27.1. The van der Waals surface area contributed by atoms with Gasteiger partial charge >= 0.3 is 0 Å². The van der Waals surface area contributed by atoms with Crippen molar-refractivity contribution in [2.75, 3.05) is 6.61 Å². The van der Waals surface area contributed by atoms with Crippen LogP contribution in [0.5, 0.6) is 11.5 Å². The normalized spacial score (nSPS) is 11.6. The summed E-state index contributed by atoms with van der Waals surface area (Å²) in [6.07, 6.45) is 1.86. The number of carbonyl (C=O) groups excluding carboxylic acids is 1. The summed E-state index contributed by atoms with van der Waals surface area (Å²) < 4.78 is 12.8. The number of ether oxygens (including phenoxy) is 2. The molecule has 1 N–H and O–H groups in total. The van der Waals surface area contributed by atoms with E-state index in [1.807, 2.05) is 49.4 Å². The van der Waals surface area contributed by atoms with Crippen molar-refractivity contribution in [3.63, 3.8) is 0 Å². The average molecular weight is 574 g/mol. The number of hydrogen-bond acceptors (Lipinski definition) is 4. The van der Waals surface area contributed by atoms with Crippen LogP contribution < -0.4 is 14.9 Å². The molecule has 0 spiro atoms. The lowest BCUT2D eigenvalue weighted by Gasteiger charge is -2.19. The second-order valence-electron chi connectivity index (χ2n) is 10.1. The summed E-state index contributed by atoms with van der Waals surface area (Å²) in [5, 5.41) is 6.49. The highest BCUT2D eigenvalue weighted by Gasteiger charge is 2.14. The molecule has 0 bridgehead atoms. The number of hydrogen-bond donors (Lipinski definition) is 1. The van der Waals surface area contributed by atoms with Gasteiger partial charge in [-0.15, -0.1) is 0 Å². The minimum Gasteiger partial charge on any atom is -0.490 e. The molecular weight excluding hydrogens is 540 g/mol. The van der Waals surface area contributed by atoms with E-state index >= 15 is 0 Å². The van der Waals surface area contributed by atoms with Gasteiger partial charge in [-0.05, 0) is 73.4 Å². The van der Waals surface area contributed by atoms with Crippen LogP contribution in [0.2, 0.25) is 0 Å². The first-order chi connectivity index (χ1) is 18.2. The van der Waals surface area contributed by atoms with E-state index in [2.05, 4.69) is 83.6 Å². The molecule has 6 heteroatoms. The zero-order valence-electron chi connectivity index (χ0n) is 22.3. The predicted molar refractivity (Wildman–Crippen MR) is 158 cm³/mol. The summed E-state index contributed by atoms with van der Waals surface area (Å²) in [7, 11) is 0. The summed E-state index contributed by atoms with van der Waals surface area (Å²) in [6, 6.07) is 26.3. The quantitative estimate of drug-likeness (QED) is 0.166. The number of fused-ring (bicyclic) bond motifs is 1. The second kappa shape index (κ2) is 12.3. The predicted octanol–water partition coefficient (Wildman–Crippen LogP) is 7.57. The first-order valence-corrected chi connectivity index (χ1v) is 13.5. The fraction of sp³-hybridized carbons (Fsp3) is 0.250. The van der Waals surface area contributed by atoms with Crippen LogP contribution >= 0.6 is 15.9 Å². The highest BCUT2D eigenvalue weighted by atomic mass is 79.9. The Morgan fingerprint density at radius 3 is 2.45 bits per heavy atom. The van der Waals surface area contributed by atoms with E-state index in [9.17, 15) is 4.79 Å². The number of hydrazone groups is 1. The van der Waals surface area contributed by atoms with E-state index in [0.717, 1.165) is 26.5 Å². The number of amides is 1. The number of halogens is 1. The van der Waals surface area contributed by atoms with Gasteiger partial charge in [-0.1, -0.05) is 87.5 Å². The van der Waals surface area contributed by atoms with E-state index < -0.39 is 0 Å². The molecule has 0 aromatic heterocycles. The molecule has 4 aromatic rings. The molecule has 5 nitrogen and oxygen atoms in total. The van der Waals surface area contributed by atoms with Crippen molar-refractivity contribution in [3.8, 4) is 11.5 Å². The molecule has 38 heavy (non-hydrogen) atoms. The van der Waals surface area contributed by atoms with E-state index in [0.29, 0.717) is 24.7 Å². The van der Waals surface area contributed by atoms with Gasteiger partial charge < -0.3 is 9.47 Å². The molecule has 0 aliphatic rings. The molecular formula is C32H33BrN2O3. The number of benzene rings is 4. The fourth-order valence-corrected chi connectivity index (χ4v) is 4.73. The topological polar surface area (TPSA) is 59.9 Å². The molecule has 0 atom stereocenters. The fourth-order valence-electron chi connectivity index (χ4n) is 4.16. The van der Waals surface area contributed by atoms with Crippen molar-refractivity contribution in [1.82, 2.24) is 5.43 Å². The Hall–Kier alpha value is -3.64. The third-order valence-corrected chi connectivity index (χ3v) is 6.76. The first-order valence-electron chi connectivity index (χ1n) is 12.7. The summed E-state index contributed by atoms with van der Waals surface area (Å²) >= 11 is 3.62. The number of carbonyl (C=O) groups is 1. The highest BCUT2D eigenvalue weighted by Crippen LogP contribution is 2.37. The second-order valence-corrected chi connectivity index (χ2v) is 11.0. The van der Waals surface area contributed by atoms with Crippen molar-refractivity contribution in [2.45, 2.75) is 46.1 Å². The maximum absolute atomic E-state index is 12.4. The Labute approximate surface area is 233 Å². The number of rotatable bonds is 9. The largest absolute Gasteiger partial charge is 0.490 e. The lowest BCUT2D eigenvalue weighted by Crippen LogP contribution is -2.20. The van der Waals surface area contributed by atoms with E-state index in [-0.39, 0.29) is 17.7 Å². The summed E-state index contributed by atoms with van der Waals surface area (Å²) in [5.74, 6) is 1.05. The molecule has 0 radical (unpaired) electrons. The van der Waals surface area contributed by atoms with Crippen LogP contribution in [0.3, 0.4) is 0 Å². The van der Waals surface area contributed by atoms with Crippen LogP contribution in [0, 0.1) is 0 Å². The number of nitrogens with zero attached hydrogens (tertiary/aromatic N) is 1. The van der Waals surface area contributed by atoms with Gasteiger partial charge in [0.1, 0.15) is 6.61 Å². The SMILES string of the molecule is CCOc1cc(/C=N\NC(=O)Cc2ccc(C(C)(C)C)cc2)cc(Br)c1OCc1cccc2ccccc12. The minimum absolute atomic E-state index is 0.0796. The Morgan fingerprint density at radius 2 is 1.71 bits per heavy atom. The molecule has 196 valence electrons. The molecule has 0 saturated heterocycles. The van der Waals surface area contributed by atoms with Gasteiger partial charge in [0.2, 0.25) is 5.91 Å². The highest BCUT2D eigenvalue weighted by molar-refractivity contribution is 9.10. The molecule has 0 fully saturated rings. The van der Waals surface area contributed by atoms with Crippen LogP contribution in [0.25, 0.3) is 10.8 Å². The maximum atomic E-state index is 12.4.